The van der Waals surface area contributed by atoms with Gasteiger partial charge in [-0.15, -0.1) is 0 Å². The van der Waals surface area contributed by atoms with Crippen LogP contribution in [0.3, 0.4) is 0 Å². The van der Waals surface area contributed by atoms with Crippen LogP contribution in [0, 0.1) is 19.7 Å². The molecule has 1 aliphatic carbocycles. The van der Waals surface area contributed by atoms with Gasteiger partial charge < -0.3 is 19.5 Å². The van der Waals surface area contributed by atoms with Crippen molar-refractivity contribution in [2.45, 2.75) is 32.2 Å². The van der Waals surface area contributed by atoms with Gasteiger partial charge in [-0.1, -0.05) is 12.1 Å². The van der Waals surface area contributed by atoms with Crippen LogP contribution in [0.25, 0.3) is 33.4 Å². The molecule has 2 amide bonds. The average molecular weight is 524 g/mol. The summed E-state index contributed by atoms with van der Waals surface area (Å²) in [6, 6.07) is 17.0. The van der Waals surface area contributed by atoms with Crippen molar-refractivity contribution in [1.82, 2.24) is 15.6 Å². The minimum atomic E-state index is -0.564. The van der Waals surface area contributed by atoms with E-state index in [1.807, 2.05) is 38.1 Å². The molecule has 1 aliphatic rings. The lowest BCUT2D eigenvalue weighted by atomic mass is 9.95. The summed E-state index contributed by atoms with van der Waals surface area (Å²) in [7, 11) is 1.55. The number of amides is 2. The van der Waals surface area contributed by atoms with E-state index in [9.17, 15) is 14.0 Å². The molecule has 0 bridgehead atoms. The van der Waals surface area contributed by atoms with Gasteiger partial charge in [-0.05, 0) is 91.9 Å². The zero-order chi connectivity index (χ0) is 27.3. The normalized spacial score (nSPS) is 13.8. The molecule has 0 radical (unpaired) electrons. The van der Waals surface area contributed by atoms with Gasteiger partial charge in [0, 0.05) is 23.6 Å². The van der Waals surface area contributed by atoms with Crippen LogP contribution >= 0.6 is 0 Å². The van der Waals surface area contributed by atoms with Crippen molar-refractivity contribution < 1.29 is 22.8 Å². The Kier molecular flexibility index (Phi) is 5.83. The van der Waals surface area contributed by atoms with Crippen LogP contribution in [-0.2, 0) is 5.54 Å². The minimum Gasteiger partial charge on any atom is -0.455 e. The zero-order valence-electron chi connectivity index (χ0n) is 21.7. The number of nitrogens with one attached hydrogen (secondary N) is 2. The molecule has 0 unspecified atom stereocenters. The number of oxazole rings is 1. The summed E-state index contributed by atoms with van der Waals surface area (Å²) in [4.78, 5) is 30.6. The maximum atomic E-state index is 13.5. The van der Waals surface area contributed by atoms with E-state index in [1.165, 1.54) is 12.1 Å². The van der Waals surface area contributed by atoms with Crippen LogP contribution in [0.4, 0.5) is 4.39 Å². The number of fused-ring (bicyclic) bond motifs is 1. The van der Waals surface area contributed by atoms with Crippen LogP contribution < -0.4 is 10.6 Å². The monoisotopic (exact) mass is 523 g/mol. The summed E-state index contributed by atoms with van der Waals surface area (Å²) in [5.74, 6) is 0.704. The number of aryl methyl sites for hydroxylation is 2. The van der Waals surface area contributed by atoms with Gasteiger partial charge in [-0.2, -0.15) is 0 Å². The summed E-state index contributed by atoms with van der Waals surface area (Å²) in [5.41, 5.74) is 4.09. The number of aromatic nitrogens is 1. The van der Waals surface area contributed by atoms with E-state index in [0.29, 0.717) is 45.1 Å². The number of carbonyl (C=O) groups is 2. The second-order valence-electron chi connectivity index (χ2n) is 9.95. The Labute approximate surface area is 224 Å². The molecule has 39 heavy (non-hydrogen) atoms. The lowest BCUT2D eigenvalue weighted by Gasteiger charge is -2.15. The van der Waals surface area contributed by atoms with Gasteiger partial charge >= 0.3 is 0 Å². The van der Waals surface area contributed by atoms with E-state index < -0.39 is 5.54 Å². The Bertz CT molecular complexity index is 1750. The fourth-order valence-electron chi connectivity index (χ4n) is 4.88. The van der Waals surface area contributed by atoms with E-state index in [4.69, 9.17) is 8.83 Å². The molecule has 1 saturated carbocycles. The maximum Gasteiger partial charge on any atom is 0.255 e. The van der Waals surface area contributed by atoms with E-state index >= 15 is 0 Å². The summed E-state index contributed by atoms with van der Waals surface area (Å²) in [6.45, 7) is 3.80. The van der Waals surface area contributed by atoms with Gasteiger partial charge in [0.15, 0.2) is 0 Å². The number of benzene rings is 3. The first-order valence-corrected chi connectivity index (χ1v) is 12.7. The van der Waals surface area contributed by atoms with Crippen molar-refractivity contribution in [3.63, 3.8) is 0 Å². The summed E-state index contributed by atoms with van der Waals surface area (Å²) in [6.07, 6.45) is 3.20. The number of nitrogens with zero attached hydrogens (tertiary/aromatic N) is 1. The molecule has 6 rings (SSSR count). The fraction of sp³-hybridized carbons (Fsp3) is 0.194. The van der Waals surface area contributed by atoms with Gasteiger partial charge in [-0.25, -0.2) is 9.37 Å². The van der Waals surface area contributed by atoms with Crippen LogP contribution in [0.5, 0.6) is 0 Å². The summed E-state index contributed by atoms with van der Waals surface area (Å²) >= 11 is 0. The van der Waals surface area contributed by atoms with Crippen LogP contribution in [0.1, 0.15) is 50.8 Å². The van der Waals surface area contributed by atoms with Crippen LogP contribution in [0.2, 0.25) is 0 Å². The van der Waals surface area contributed by atoms with Crippen molar-refractivity contribution in [3.05, 3.63) is 101 Å². The highest BCUT2D eigenvalue weighted by Gasteiger charge is 2.50. The lowest BCUT2D eigenvalue weighted by molar-refractivity contribution is 0.0921. The highest BCUT2D eigenvalue weighted by Crippen LogP contribution is 2.45. The first kappa shape index (κ1) is 24.6. The van der Waals surface area contributed by atoms with Crippen LogP contribution in [0.15, 0.2) is 75.7 Å². The number of carbonyl (C=O) groups excluding carboxylic acids is 2. The zero-order valence-corrected chi connectivity index (χ0v) is 21.7. The third-order valence-electron chi connectivity index (χ3n) is 7.19. The minimum absolute atomic E-state index is 0.210. The molecule has 1 fully saturated rings. The predicted octanol–water partition coefficient (Wildman–Crippen LogP) is 6.29. The van der Waals surface area contributed by atoms with E-state index in [0.717, 1.165) is 29.5 Å². The molecule has 0 saturated heterocycles. The van der Waals surface area contributed by atoms with Gasteiger partial charge in [-0.3, -0.25) is 9.59 Å². The largest absolute Gasteiger partial charge is 0.455 e. The van der Waals surface area contributed by atoms with Gasteiger partial charge in [0.25, 0.3) is 11.8 Å². The van der Waals surface area contributed by atoms with E-state index in [-0.39, 0.29) is 17.6 Å². The smallest absolute Gasteiger partial charge is 0.255 e. The Balaban J connectivity index is 1.38. The van der Waals surface area contributed by atoms with Gasteiger partial charge in [0.1, 0.15) is 28.5 Å². The van der Waals surface area contributed by atoms with Crippen molar-refractivity contribution in [3.8, 4) is 22.5 Å². The highest BCUT2D eigenvalue weighted by atomic mass is 19.1. The molecular formula is C31H26FN3O4. The van der Waals surface area contributed by atoms with Crippen molar-refractivity contribution in [2.75, 3.05) is 7.05 Å². The molecule has 2 aromatic heterocycles. The standard InChI is InChI=1S/C31H26FN3O4/c1-17-4-5-21(28(36)35-31(12-13-31)30-34-16-18(2)38-30)15-23(17)20-8-11-25-24(14-20)26(29(37)33-3)27(39-25)19-6-9-22(32)10-7-19/h4-11,14-16H,12-13H2,1-3H3,(H,33,37)(H,35,36). The first-order chi connectivity index (χ1) is 18.8. The molecule has 5 aromatic rings. The molecular weight excluding hydrogens is 497 g/mol. The second-order valence-corrected chi connectivity index (χ2v) is 9.95. The van der Waals surface area contributed by atoms with Crippen LogP contribution in [-0.4, -0.2) is 23.8 Å². The first-order valence-electron chi connectivity index (χ1n) is 12.7. The number of furan rings is 1. The molecule has 2 N–H and O–H groups in total. The second kappa shape index (κ2) is 9.23. The Morgan fingerprint density at radius 1 is 0.923 bits per heavy atom. The Morgan fingerprint density at radius 3 is 2.33 bits per heavy atom. The number of hydrogen-bond acceptors (Lipinski definition) is 5. The maximum absolute atomic E-state index is 13.5. The van der Waals surface area contributed by atoms with Crippen molar-refractivity contribution in [1.29, 1.82) is 0 Å². The topological polar surface area (TPSA) is 97.4 Å². The number of halogens is 1. The third-order valence-corrected chi connectivity index (χ3v) is 7.19. The molecule has 8 heteroatoms. The predicted molar refractivity (Wildman–Crippen MR) is 145 cm³/mol. The summed E-state index contributed by atoms with van der Waals surface area (Å²) < 4.78 is 25.3. The van der Waals surface area contributed by atoms with Crippen molar-refractivity contribution in [2.24, 2.45) is 0 Å². The third kappa shape index (κ3) is 4.37. The van der Waals surface area contributed by atoms with E-state index in [2.05, 4.69) is 15.6 Å². The SMILES string of the molecule is CNC(=O)c1c(-c2ccc(F)cc2)oc2ccc(-c3cc(C(=O)NC4(c5ncc(C)o5)CC4)ccc3C)cc12. The molecule has 7 nitrogen and oxygen atoms in total. The Morgan fingerprint density at radius 2 is 1.67 bits per heavy atom. The quantitative estimate of drug-likeness (QED) is 0.273. The summed E-state index contributed by atoms with van der Waals surface area (Å²) in [5, 5.41) is 6.41. The number of hydrogen-bond donors (Lipinski definition) is 2. The molecule has 0 atom stereocenters. The molecule has 0 aliphatic heterocycles. The molecule has 0 spiro atoms. The number of rotatable bonds is 6. The van der Waals surface area contributed by atoms with Crippen molar-refractivity contribution >= 4 is 22.8 Å². The van der Waals surface area contributed by atoms with E-state index in [1.54, 1.807) is 37.5 Å². The highest BCUT2D eigenvalue weighted by molar-refractivity contribution is 6.12. The molecule has 3 aromatic carbocycles. The molecule has 196 valence electrons. The molecule has 2 heterocycles. The fourth-order valence-corrected chi connectivity index (χ4v) is 4.88. The van der Waals surface area contributed by atoms with Gasteiger partial charge in [0.05, 0.1) is 11.8 Å². The Hall–Kier alpha value is -4.72. The van der Waals surface area contributed by atoms with Gasteiger partial charge in [0.2, 0.25) is 5.89 Å². The average Bonchev–Trinajstić information content (AvgIpc) is 3.40. The lowest BCUT2D eigenvalue weighted by Crippen LogP contribution is -2.35.